The maximum absolute atomic E-state index is 14.1. The second-order valence-electron chi connectivity index (χ2n) is 10.3. The number of methoxy groups -OCH3 is 1. The standard InChI is InChI=1S/C31H24F3N3O5S2/c1-16-9-3-6-12-19(16)35-22(38)15-36-29-26(44-30(36)41)23(17-10-4-8-14-21(17)42-2)24-25(43-29)28(40)37(27(24)39)20-13-7-5-11-18(20)31(32,33)34/h3-14,23-25H,15H2,1-2H3,(H,35,38)/t23-,24?,25?/m1/s1. The molecule has 8 nitrogen and oxygen atoms in total. The number of para-hydroxylation sites is 3. The highest BCUT2D eigenvalue weighted by Crippen LogP contribution is 2.55. The van der Waals surface area contributed by atoms with Gasteiger partial charge in [-0.2, -0.15) is 13.2 Å². The minimum Gasteiger partial charge on any atom is -0.496 e. The minimum absolute atomic E-state index is 0.309. The molecule has 0 bridgehead atoms. The number of thioether (sulfide) groups is 1. The number of rotatable bonds is 6. The van der Waals surface area contributed by atoms with Gasteiger partial charge in [-0.25, -0.2) is 4.90 Å². The van der Waals surface area contributed by atoms with E-state index in [-0.39, 0.29) is 6.54 Å². The first-order valence-corrected chi connectivity index (χ1v) is 15.1. The maximum Gasteiger partial charge on any atom is 0.418 e. The summed E-state index contributed by atoms with van der Waals surface area (Å²) >= 11 is 1.76. The number of halogens is 3. The van der Waals surface area contributed by atoms with E-state index in [1.54, 1.807) is 36.4 Å². The molecule has 1 aromatic heterocycles. The van der Waals surface area contributed by atoms with E-state index in [9.17, 15) is 32.3 Å². The van der Waals surface area contributed by atoms with E-state index in [0.717, 1.165) is 40.8 Å². The summed E-state index contributed by atoms with van der Waals surface area (Å²) in [5, 5.41) is 1.94. The number of thiazole rings is 1. The molecule has 1 fully saturated rings. The van der Waals surface area contributed by atoms with E-state index in [1.807, 2.05) is 19.1 Å². The summed E-state index contributed by atoms with van der Waals surface area (Å²) in [7, 11) is 1.44. The number of nitrogens with one attached hydrogen (secondary N) is 1. The molecule has 4 aromatic rings. The van der Waals surface area contributed by atoms with Crippen molar-refractivity contribution in [3.8, 4) is 5.75 Å². The number of amides is 3. The van der Waals surface area contributed by atoms with Crippen LogP contribution in [0.4, 0.5) is 24.5 Å². The van der Waals surface area contributed by atoms with Crippen molar-refractivity contribution in [1.82, 2.24) is 4.57 Å². The minimum atomic E-state index is -4.82. The van der Waals surface area contributed by atoms with E-state index < -0.39 is 57.1 Å². The molecular weight excluding hydrogens is 615 g/mol. The Labute approximate surface area is 257 Å². The molecule has 1 N–H and O–H groups in total. The van der Waals surface area contributed by atoms with Gasteiger partial charge >= 0.3 is 11.0 Å². The molecule has 3 heterocycles. The zero-order chi connectivity index (χ0) is 31.3. The smallest absolute Gasteiger partial charge is 0.418 e. The van der Waals surface area contributed by atoms with Crippen LogP contribution in [-0.4, -0.2) is 34.6 Å². The van der Waals surface area contributed by atoms with Crippen molar-refractivity contribution in [2.75, 3.05) is 17.3 Å². The average Bonchev–Trinajstić information content (AvgIpc) is 3.44. The lowest BCUT2D eigenvalue weighted by Crippen LogP contribution is -2.33. The number of hydrogen-bond acceptors (Lipinski definition) is 7. The van der Waals surface area contributed by atoms with E-state index in [4.69, 9.17) is 4.74 Å². The summed E-state index contributed by atoms with van der Waals surface area (Å²) in [6.45, 7) is 1.46. The van der Waals surface area contributed by atoms with E-state index >= 15 is 0 Å². The van der Waals surface area contributed by atoms with Gasteiger partial charge in [-0.15, -0.1) is 0 Å². The van der Waals surface area contributed by atoms with Gasteiger partial charge in [0.15, 0.2) is 0 Å². The lowest BCUT2D eigenvalue weighted by atomic mass is 9.82. The Hall–Kier alpha value is -4.36. The van der Waals surface area contributed by atoms with Gasteiger partial charge in [0.05, 0.1) is 29.3 Å². The van der Waals surface area contributed by atoms with Crippen LogP contribution in [0.2, 0.25) is 0 Å². The molecule has 0 aliphatic carbocycles. The van der Waals surface area contributed by atoms with Crippen molar-refractivity contribution in [1.29, 1.82) is 0 Å². The molecule has 226 valence electrons. The van der Waals surface area contributed by atoms with Crippen LogP contribution in [-0.2, 0) is 27.1 Å². The third-order valence-corrected chi connectivity index (χ3v) is 10.3. The Kier molecular flexibility index (Phi) is 7.62. The van der Waals surface area contributed by atoms with E-state index in [2.05, 4.69) is 5.32 Å². The normalized spacial score (nSPS) is 19.5. The number of aromatic nitrogens is 1. The monoisotopic (exact) mass is 639 g/mol. The third-order valence-electron chi connectivity index (χ3n) is 7.69. The predicted octanol–water partition coefficient (Wildman–Crippen LogP) is 5.68. The molecule has 1 saturated heterocycles. The fourth-order valence-corrected chi connectivity index (χ4v) is 8.47. The number of carbonyl (C=O) groups excluding carboxylic acids is 3. The van der Waals surface area contributed by atoms with Gasteiger partial charge in [-0.1, -0.05) is 71.6 Å². The van der Waals surface area contributed by atoms with Crippen LogP contribution in [0.1, 0.15) is 27.5 Å². The Morgan fingerprint density at radius 2 is 1.64 bits per heavy atom. The largest absolute Gasteiger partial charge is 0.496 e. The Morgan fingerprint density at radius 3 is 2.36 bits per heavy atom. The van der Waals surface area contributed by atoms with E-state index in [0.29, 0.717) is 31.8 Å². The summed E-state index contributed by atoms with van der Waals surface area (Å²) in [6, 6.07) is 18.4. The van der Waals surface area contributed by atoms with Gasteiger partial charge in [-0.3, -0.25) is 23.7 Å². The van der Waals surface area contributed by atoms with Gasteiger partial charge in [0.2, 0.25) is 17.7 Å². The molecule has 13 heteroatoms. The van der Waals surface area contributed by atoms with Gasteiger partial charge in [0.1, 0.15) is 17.5 Å². The molecule has 6 rings (SSSR count). The van der Waals surface area contributed by atoms with Crippen LogP contribution in [0.3, 0.4) is 0 Å². The van der Waals surface area contributed by atoms with Crippen molar-refractivity contribution in [3.05, 3.63) is 104 Å². The summed E-state index contributed by atoms with van der Waals surface area (Å²) in [5.74, 6) is -3.77. The molecule has 2 aliphatic heterocycles. The number of anilines is 2. The van der Waals surface area contributed by atoms with Crippen molar-refractivity contribution in [3.63, 3.8) is 0 Å². The highest BCUT2D eigenvalue weighted by atomic mass is 32.2. The number of imide groups is 1. The van der Waals surface area contributed by atoms with Gasteiger partial charge in [-0.05, 0) is 36.8 Å². The highest BCUT2D eigenvalue weighted by Gasteiger charge is 2.58. The SMILES string of the molecule is COc1ccccc1[C@H]1c2sc(=O)n(CC(=O)Nc3ccccc3C)c2SC2C(=O)N(c3ccccc3C(F)(F)F)C(=O)C21. The third kappa shape index (κ3) is 4.99. The molecule has 3 aromatic carbocycles. The van der Waals surface area contributed by atoms with Crippen molar-refractivity contribution < 1.29 is 32.3 Å². The maximum atomic E-state index is 14.1. The number of carbonyl (C=O) groups is 3. The number of alkyl halides is 3. The van der Waals surface area contributed by atoms with Gasteiger partial charge in [0.25, 0.3) is 0 Å². The zero-order valence-corrected chi connectivity index (χ0v) is 24.9. The second-order valence-corrected chi connectivity index (χ2v) is 12.4. The van der Waals surface area contributed by atoms with Crippen LogP contribution in [0.5, 0.6) is 5.75 Å². The molecular formula is C31H24F3N3O5S2. The van der Waals surface area contributed by atoms with E-state index in [1.165, 1.54) is 23.8 Å². The summed E-state index contributed by atoms with van der Waals surface area (Å²) < 4.78 is 48.8. The Bertz CT molecular complexity index is 1870. The van der Waals surface area contributed by atoms with Crippen LogP contribution in [0.25, 0.3) is 0 Å². The summed E-state index contributed by atoms with van der Waals surface area (Å²) in [6.07, 6.45) is -4.82. The lowest BCUT2D eigenvalue weighted by molar-refractivity contribution is -0.137. The average molecular weight is 640 g/mol. The number of benzene rings is 3. The number of ether oxygens (including phenoxy) is 1. The number of aryl methyl sites for hydroxylation is 1. The van der Waals surface area contributed by atoms with Crippen LogP contribution >= 0.6 is 23.1 Å². The number of fused-ring (bicyclic) bond motifs is 2. The van der Waals surface area contributed by atoms with Crippen molar-refractivity contribution in [2.45, 2.75) is 35.8 Å². The molecule has 44 heavy (non-hydrogen) atoms. The van der Waals surface area contributed by atoms with Crippen LogP contribution < -0.4 is 19.8 Å². The molecule has 0 saturated carbocycles. The number of nitrogens with zero attached hydrogens (tertiary/aromatic N) is 2. The quantitative estimate of drug-likeness (QED) is 0.273. The molecule has 3 atom stereocenters. The first-order valence-electron chi connectivity index (χ1n) is 13.4. The number of hydrogen-bond donors (Lipinski definition) is 1. The lowest BCUT2D eigenvalue weighted by Gasteiger charge is -2.31. The molecule has 2 unspecified atom stereocenters. The molecule has 0 spiro atoms. The fourth-order valence-electron chi connectivity index (χ4n) is 5.71. The summed E-state index contributed by atoms with van der Waals surface area (Å²) in [5.41, 5.74) is 0.227. The predicted molar refractivity (Wildman–Crippen MR) is 160 cm³/mol. The fraction of sp³-hybridized carbons (Fsp3) is 0.226. The van der Waals surface area contributed by atoms with Crippen LogP contribution in [0.15, 0.2) is 82.6 Å². The molecule has 2 aliphatic rings. The zero-order valence-electron chi connectivity index (χ0n) is 23.3. The molecule has 3 amide bonds. The first-order chi connectivity index (χ1) is 21.0. The first kappa shape index (κ1) is 29.7. The highest BCUT2D eigenvalue weighted by molar-refractivity contribution is 8.00. The Balaban J connectivity index is 1.46. The van der Waals surface area contributed by atoms with Crippen molar-refractivity contribution in [2.24, 2.45) is 5.92 Å². The topological polar surface area (TPSA) is 97.7 Å². The van der Waals surface area contributed by atoms with Gasteiger partial charge < -0.3 is 10.1 Å². The second kappa shape index (κ2) is 11.3. The molecule has 0 radical (unpaired) electrons. The summed E-state index contributed by atoms with van der Waals surface area (Å²) in [4.78, 5) is 55.0. The Morgan fingerprint density at radius 1 is 0.955 bits per heavy atom. The van der Waals surface area contributed by atoms with Crippen molar-refractivity contribution >= 4 is 52.2 Å². The van der Waals surface area contributed by atoms with Crippen LogP contribution in [0, 0.1) is 12.8 Å². The van der Waals surface area contributed by atoms with Gasteiger partial charge in [0, 0.05) is 22.0 Å².